The Hall–Kier alpha value is -1.17. The summed E-state index contributed by atoms with van der Waals surface area (Å²) in [5, 5.41) is 10.9. The summed E-state index contributed by atoms with van der Waals surface area (Å²) < 4.78 is 6.89. The molecule has 1 aliphatic rings. The second-order valence-electron chi connectivity index (χ2n) is 3.25. The molecule has 1 atom stereocenters. The maximum atomic E-state index is 5.58. The van der Waals surface area contributed by atoms with Crippen LogP contribution in [0.3, 0.4) is 0 Å². The smallest absolute Gasteiger partial charge is 0.240 e. The quantitative estimate of drug-likeness (QED) is 0.606. The van der Waals surface area contributed by atoms with Crippen molar-refractivity contribution >= 4 is 5.95 Å². The van der Waals surface area contributed by atoms with E-state index in [1.165, 1.54) is 0 Å². The zero-order chi connectivity index (χ0) is 8.60. The molecular formula is C6H11N5O. The Labute approximate surface area is 69.7 Å². The van der Waals surface area contributed by atoms with Gasteiger partial charge in [0.05, 0.1) is 12.1 Å². The molecule has 1 aliphatic heterocycles. The number of nitrogens with two attached hydrogens (primary N) is 1. The number of hydrogen-bond acceptors (Lipinski definition) is 5. The molecule has 1 fully saturated rings. The van der Waals surface area contributed by atoms with Crippen LogP contribution in [-0.2, 0) is 10.3 Å². The van der Waals surface area contributed by atoms with Crippen LogP contribution in [0, 0.1) is 0 Å². The lowest BCUT2D eigenvalue weighted by molar-refractivity contribution is 0.156. The fraction of sp³-hybridized carbons (Fsp3) is 0.833. The fourth-order valence-electron chi connectivity index (χ4n) is 1.40. The molecular weight excluding hydrogens is 158 g/mol. The molecule has 0 saturated carbocycles. The third-order valence-electron chi connectivity index (χ3n) is 2.20. The van der Waals surface area contributed by atoms with Crippen molar-refractivity contribution in [3.05, 3.63) is 0 Å². The molecule has 0 aliphatic carbocycles. The minimum absolute atomic E-state index is 0.159. The average molecular weight is 169 g/mol. The Morgan fingerprint density at radius 3 is 3.00 bits per heavy atom. The Kier molecular flexibility index (Phi) is 1.50. The molecule has 1 aromatic heterocycles. The largest absolute Gasteiger partial charge is 0.379 e. The molecule has 66 valence electrons. The third-order valence-corrected chi connectivity index (χ3v) is 2.20. The van der Waals surface area contributed by atoms with E-state index in [9.17, 15) is 0 Å². The van der Waals surface area contributed by atoms with Gasteiger partial charge in [0.25, 0.3) is 0 Å². The first kappa shape index (κ1) is 7.48. The first-order chi connectivity index (χ1) is 5.72. The summed E-state index contributed by atoms with van der Waals surface area (Å²) in [6, 6.07) is 0. The summed E-state index contributed by atoms with van der Waals surface area (Å²) >= 11 is 0. The number of tetrazole rings is 1. The lowest BCUT2D eigenvalue weighted by atomic mass is 10.0. The van der Waals surface area contributed by atoms with E-state index in [-0.39, 0.29) is 5.54 Å². The standard InChI is InChI=1S/C6H11N5O/c1-6(2-3-12-4-6)11-5(7)8-9-10-11/h2-4H2,1H3,(H2,7,8,10). The molecule has 1 unspecified atom stereocenters. The molecule has 0 aromatic carbocycles. The van der Waals surface area contributed by atoms with Crippen LogP contribution >= 0.6 is 0 Å². The van der Waals surface area contributed by atoms with Gasteiger partial charge in [-0.15, -0.1) is 0 Å². The number of nitrogens with zero attached hydrogens (tertiary/aromatic N) is 4. The summed E-state index contributed by atoms with van der Waals surface area (Å²) in [5.41, 5.74) is 5.42. The lowest BCUT2D eigenvalue weighted by Gasteiger charge is -2.21. The van der Waals surface area contributed by atoms with Gasteiger partial charge in [-0.1, -0.05) is 5.10 Å². The van der Waals surface area contributed by atoms with Gasteiger partial charge < -0.3 is 10.5 Å². The molecule has 1 aromatic rings. The number of aromatic nitrogens is 4. The van der Waals surface area contributed by atoms with Gasteiger partial charge in [0.1, 0.15) is 0 Å². The van der Waals surface area contributed by atoms with Crippen LogP contribution in [0.1, 0.15) is 13.3 Å². The van der Waals surface area contributed by atoms with Crippen molar-refractivity contribution in [3.8, 4) is 0 Å². The predicted octanol–water partition coefficient (Wildman–Crippen LogP) is -0.609. The second kappa shape index (κ2) is 2.41. The van der Waals surface area contributed by atoms with Gasteiger partial charge in [0.2, 0.25) is 5.95 Å². The number of anilines is 1. The van der Waals surface area contributed by atoms with Crippen molar-refractivity contribution in [2.45, 2.75) is 18.9 Å². The number of hydrogen-bond donors (Lipinski definition) is 1. The zero-order valence-corrected chi connectivity index (χ0v) is 6.90. The van der Waals surface area contributed by atoms with Crippen molar-refractivity contribution < 1.29 is 4.74 Å². The van der Waals surface area contributed by atoms with Crippen molar-refractivity contribution in [3.63, 3.8) is 0 Å². The molecule has 6 heteroatoms. The summed E-state index contributed by atoms with van der Waals surface area (Å²) in [7, 11) is 0. The van der Waals surface area contributed by atoms with E-state index in [1.807, 2.05) is 6.92 Å². The van der Waals surface area contributed by atoms with Gasteiger partial charge in [-0.25, -0.2) is 4.68 Å². The molecule has 0 radical (unpaired) electrons. The highest BCUT2D eigenvalue weighted by Crippen LogP contribution is 2.26. The minimum atomic E-state index is -0.159. The number of ether oxygens (including phenoxy) is 1. The number of nitrogen functional groups attached to an aromatic ring is 1. The Balaban J connectivity index is 2.34. The third kappa shape index (κ3) is 0.953. The fourth-order valence-corrected chi connectivity index (χ4v) is 1.40. The molecule has 2 heterocycles. The summed E-state index contributed by atoms with van der Waals surface area (Å²) in [5.74, 6) is 0.350. The van der Waals surface area contributed by atoms with Crippen LogP contribution in [0.5, 0.6) is 0 Å². The summed E-state index contributed by atoms with van der Waals surface area (Å²) in [6.07, 6.45) is 0.905. The Morgan fingerprint density at radius 2 is 2.50 bits per heavy atom. The van der Waals surface area contributed by atoms with Gasteiger partial charge >= 0.3 is 0 Å². The molecule has 1 saturated heterocycles. The lowest BCUT2D eigenvalue weighted by Crippen LogP contribution is -2.32. The van der Waals surface area contributed by atoms with Crippen LogP contribution in [0.15, 0.2) is 0 Å². The second-order valence-corrected chi connectivity index (χ2v) is 3.25. The zero-order valence-electron chi connectivity index (χ0n) is 6.90. The Bertz CT molecular complexity index is 277. The summed E-state index contributed by atoms with van der Waals surface area (Å²) in [6.45, 7) is 3.41. The van der Waals surface area contributed by atoms with E-state index in [2.05, 4.69) is 15.5 Å². The van der Waals surface area contributed by atoms with E-state index in [0.717, 1.165) is 13.0 Å². The highest BCUT2D eigenvalue weighted by Gasteiger charge is 2.34. The highest BCUT2D eigenvalue weighted by atomic mass is 16.5. The van der Waals surface area contributed by atoms with Crippen molar-refractivity contribution in [1.29, 1.82) is 0 Å². The van der Waals surface area contributed by atoms with Crippen LogP contribution in [-0.4, -0.2) is 33.4 Å². The normalized spacial score (nSPS) is 29.4. The minimum Gasteiger partial charge on any atom is -0.379 e. The molecule has 0 spiro atoms. The van der Waals surface area contributed by atoms with Gasteiger partial charge in [-0.2, -0.15) is 0 Å². The van der Waals surface area contributed by atoms with E-state index in [4.69, 9.17) is 10.5 Å². The monoisotopic (exact) mass is 169 g/mol. The van der Waals surface area contributed by atoms with Gasteiger partial charge in [0, 0.05) is 6.61 Å². The van der Waals surface area contributed by atoms with Crippen LogP contribution in [0.25, 0.3) is 0 Å². The van der Waals surface area contributed by atoms with Gasteiger partial charge in [0.15, 0.2) is 0 Å². The molecule has 0 bridgehead atoms. The van der Waals surface area contributed by atoms with E-state index < -0.39 is 0 Å². The maximum absolute atomic E-state index is 5.58. The van der Waals surface area contributed by atoms with Crippen molar-refractivity contribution in [1.82, 2.24) is 20.2 Å². The molecule has 2 rings (SSSR count). The van der Waals surface area contributed by atoms with E-state index >= 15 is 0 Å². The molecule has 6 nitrogen and oxygen atoms in total. The van der Waals surface area contributed by atoms with Crippen molar-refractivity contribution in [2.24, 2.45) is 0 Å². The van der Waals surface area contributed by atoms with E-state index in [0.29, 0.717) is 12.6 Å². The first-order valence-electron chi connectivity index (χ1n) is 3.84. The average Bonchev–Trinajstić information content (AvgIpc) is 2.59. The van der Waals surface area contributed by atoms with Crippen LogP contribution in [0.4, 0.5) is 5.95 Å². The molecule has 2 N–H and O–H groups in total. The summed E-state index contributed by atoms with van der Waals surface area (Å²) in [4.78, 5) is 0. The van der Waals surface area contributed by atoms with Gasteiger partial charge in [-0.05, 0) is 23.8 Å². The first-order valence-corrected chi connectivity index (χ1v) is 3.84. The van der Waals surface area contributed by atoms with Crippen molar-refractivity contribution in [2.75, 3.05) is 18.9 Å². The van der Waals surface area contributed by atoms with Crippen LogP contribution < -0.4 is 5.73 Å². The van der Waals surface area contributed by atoms with E-state index in [1.54, 1.807) is 4.68 Å². The number of rotatable bonds is 1. The van der Waals surface area contributed by atoms with Crippen LogP contribution in [0.2, 0.25) is 0 Å². The maximum Gasteiger partial charge on any atom is 0.240 e. The van der Waals surface area contributed by atoms with Gasteiger partial charge in [-0.3, -0.25) is 0 Å². The predicted molar refractivity (Wildman–Crippen MR) is 41.3 cm³/mol. The highest BCUT2D eigenvalue weighted by molar-refractivity contribution is 5.14. The topological polar surface area (TPSA) is 78.9 Å². The molecule has 0 amide bonds. The molecule has 12 heavy (non-hydrogen) atoms. The Morgan fingerprint density at radius 1 is 1.67 bits per heavy atom. The SMILES string of the molecule is CC1(n2nnnc2N)CCOC1.